The van der Waals surface area contributed by atoms with Crippen LogP contribution in [0.15, 0.2) is 48.5 Å². The number of aryl methyl sites for hydroxylation is 1. The van der Waals surface area contributed by atoms with Crippen molar-refractivity contribution in [1.29, 1.82) is 0 Å². The van der Waals surface area contributed by atoms with E-state index in [9.17, 15) is 4.79 Å². The Hall–Kier alpha value is -2.49. The molecular formula is C18H20O4. The van der Waals surface area contributed by atoms with Crippen molar-refractivity contribution in [3.63, 3.8) is 0 Å². The molecule has 0 N–H and O–H groups in total. The van der Waals surface area contributed by atoms with Crippen LogP contribution in [0.2, 0.25) is 0 Å². The van der Waals surface area contributed by atoms with Gasteiger partial charge in [0, 0.05) is 0 Å². The van der Waals surface area contributed by atoms with Crippen molar-refractivity contribution in [3.05, 3.63) is 54.1 Å². The molecule has 0 aromatic heterocycles. The van der Waals surface area contributed by atoms with Gasteiger partial charge in [0.2, 0.25) is 0 Å². The van der Waals surface area contributed by atoms with Crippen molar-refractivity contribution in [1.82, 2.24) is 0 Å². The van der Waals surface area contributed by atoms with Gasteiger partial charge in [0.15, 0.2) is 6.61 Å². The van der Waals surface area contributed by atoms with E-state index in [-0.39, 0.29) is 6.61 Å². The first kappa shape index (κ1) is 15.9. The summed E-state index contributed by atoms with van der Waals surface area (Å²) in [5.41, 5.74) is 1.26. The summed E-state index contributed by atoms with van der Waals surface area (Å²) >= 11 is 0. The molecule has 0 aliphatic heterocycles. The van der Waals surface area contributed by atoms with Crippen molar-refractivity contribution in [2.45, 2.75) is 19.8 Å². The number of hydrogen-bond acceptors (Lipinski definition) is 4. The Morgan fingerprint density at radius 1 is 0.909 bits per heavy atom. The first-order chi connectivity index (χ1) is 10.7. The highest BCUT2D eigenvalue weighted by molar-refractivity contribution is 5.74. The first-order valence-electron chi connectivity index (χ1n) is 7.27. The number of rotatable bonds is 7. The van der Waals surface area contributed by atoms with E-state index in [1.165, 1.54) is 5.56 Å². The third kappa shape index (κ3) is 4.81. The Morgan fingerprint density at radius 2 is 1.50 bits per heavy atom. The quantitative estimate of drug-likeness (QED) is 0.578. The van der Waals surface area contributed by atoms with Gasteiger partial charge in [-0.2, -0.15) is 0 Å². The van der Waals surface area contributed by atoms with E-state index in [0.29, 0.717) is 17.2 Å². The molecule has 0 saturated heterocycles. The lowest BCUT2D eigenvalue weighted by atomic mass is 10.1. The summed E-state index contributed by atoms with van der Waals surface area (Å²) in [6.45, 7) is 2.01. The van der Waals surface area contributed by atoms with Crippen LogP contribution >= 0.6 is 0 Å². The molecule has 4 nitrogen and oxygen atoms in total. The SMILES string of the molecule is CCCc1ccc(OCC(=O)Oc2ccc(OC)cc2)cc1. The van der Waals surface area contributed by atoms with Crippen LogP contribution in [-0.4, -0.2) is 19.7 Å². The standard InChI is InChI=1S/C18H20O4/c1-3-4-14-5-7-16(8-6-14)21-13-18(19)22-17-11-9-15(20-2)10-12-17/h5-12H,3-4,13H2,1-2H3. The Bertz CT molecular complexity index is 587. The monoisotopic (exact) mass is 300 g/mol. The number of benzene rings is 2. The highest BCUT2D eigenvalue weighted by atomic mass is 16.6. The molecular weight excluding hydrogens is 280 g/mol. The molecule has 0 aliphatic carbocycles. The molecule has 116 valence electrons. The Kier molecular flexibility index (Phi) is 5.83. The van der Waals surface area contributed by atoms with Gasteiger partial charge in [-0.15, -0.1) is 0 Å². The minimum Gasteiger partial charge on any atom is -0.497 e. The van der Waals surface area contributed by atoms with E-state index < -0.39 is 5.97 Å². The molecule has 0 atom stereocenters. The molecule has 4 heteroatoms. The molecule has 2 rings (SSSR count). The number of methoxy groups -OCH3 is 1. The fourth-order valence-electron chi connectivity index (χ4n) is 1.99. The Balaban J connectivity index is 1.81. The molecule has 0 bridgehead atoms. The fourth-order valence-corrected chi connectivity index (χ4v) is 1.99. The Labute approximate surface area is 130 Å². The maximum atomic E-state index is 11.7. The number of carbonyl (C=O) groups is 1. The molecule has 0 radical (unpaired) electrons. The topological polar surface area (TPSA) is 44.8 Å². The zero-order chi connectivity index (χ0) is 15.8. The van der Waals surface area contributed by atoms with Gasteiger partial charge >= 0.3 is 5.97 Å². The van der Waals surface area contributed by atoms with Gasteiger partial charge in [-0.3, -0.25) is 0 Å². The fraction of sp³-hybridized carbons (Fsp3) is 0.278. The van der Waals surface area contributed by atoms with E-state index in [4.69, 9.17) is 14.2 Å². The molecule has 0 spiro atoms. The molecule has 0 aliphatic rings. The highest BCUT2D eigenvalue weighted by Gasteiger charge is 2.06. The van der Waals surface area contributed by atoms with Crippen molar-refractivity contribution in [2.24, 2.45) is 0 Å². The maximum Gasteiger partial charge on any atom is 0.349 e. The van der Waals surface area contributed by atoms with Crippen molar-refractivity contribution in [2.75, 3.05) is 13.7 Å². The number of carbonyl (C=O) groups excluding carboxylic acids is 1. The lowest BCUT2D eigenvalue weighted by molar-refractivity contribution is -0.136. The van der Waals surface area contributed by atoms with E-state index in [1.54, 1.807) is 31.4 Å². The maximum absolute atomic E-state index is 11.7. The minimum atomic E-state index is -0.442. The molecule has 0 amide bonds. The second kappa shape index (κ2) is 8.08. The van der Waals surface area contributed by atoms with Gasteiger partial charge in [0.25, 0.3) is 0 Å². The smallest absolute Gasteiger partial charge is 0.349 e. The van der Waals surface area contributed by atoms with E-state index in [2.05, 4.69) is 6.92 Å². The van der Waals surface area contributed by atoms with Gasteiger partial charge < -0.3 is 14.2 Å². The van der Waals surface area contributed by atoms with Crippen molar-refractivity contribution < 1.29 is 19.0 Å². The summed E-state index contributed by atoms with van der Waals surface area (Å²) < 4.78 is 15.6. The van der Waals surface area contributed by atoms with Crippen molar-refractivity contribution in [3.8, 4) is 17.2 Å². The second-order valence-corrected chi connectivity index (χ2v) is 4.83. The third-order valence-electron chi connectivity index (χ3n) is 3.11. The van der Waals surface area contributed by atoms with Crippen LogP contribution in [0.4, 0.5) is 0 Å². The van der Waals surface area contributed by atoms with Crippen LogP contribution in [-0.2, 0) is 11.2 Å². The minimum absolute atomic E-state index is 0.126. The predicted molar refractivity (Wildman–Crippen MR) is 84.6 cm³/mol. The largest absolute Gasteiger partial charge is 0.497 e. The van der Waals surface area contributed by atoms with Crippen molar-refractivity contribution >= 4 is 5.97 Å². The molecule has 2 aromatic carbocycles. The highest BCUT2D eigenvalue weighted by Crippen LogP contribution is 2.17. The molecule has 2 aromatic rings. The molecule has 0 unspecified atom stereocenters. The zero-order valence-electron chi connectivity index (χ0n) is 12.9. The van der Waals surface area contributed by atoms with Crippen LogP contribution in [0, 0.1) is 0 Å². The number of ether oxygens (including phenoxy) is 3. The van der Waals surface area contributed by atoms with E-state index >= 15 is 0 Å². The van der Waals surface area contributed by atoms with Gasteiger partial charge in [-0.25, -0.2) is 4.79 Å². The normalized spacial score (nSPS) is 10.1. The Morgan fingerprint density at radius 3 is 2.09 bits per heavy atom. The average Bonchev–Trinajstić information content (AvgIpc) is 2.55. The predicted octanol–water partition coefficient (Wildman–Crippen LogP) is 3.63. The van der Waals surface area contributed by atoms with E-state index in [0.717, 1.165) is 12.8 Å². The molecule has 0 fully saturated rings. The summed E-state index contributed by atoms with van der Waals surface area (Å²) in [4.78, 5) is 11.7. The van der Waals surface area contributed by atoms with Crippen LogP contribution in [0.25, 0.3) is 0 Å². The summed E-state index contributed by atoms with van der Waals surface area (Å²) in [7, 11) is 1.58. The van der Waals surface area contributed by atoms with Gasteiger partial charge in [0.1, 0.15) is 17.2 Å². The van der Waals surface area contributed by atoms with E-state index in [1.807, 2.05) is 24.3 Å². The summed E-state index contributed by atoms with van der Waals surface area (Å²) in [6, 6.07) is 14.6. The second-order valence-electron chi connectivity index (χ2n) is 4.83. The summed E-state index contributed by atoms with van der Waals surface area (Å²) in [6.07, 6.45) is 2.15. The summed E-state index contributed by atoms with van der Waals surface area (Å²) in [5, 5.41) is 0. The van der Waals surface area contributed by atoms with Crippen LogP contribution in [0.1, 0.15) is 18.9 Å². The molecule has 0 saturated carbocycles. The molecule has 0 heterocycles. The average molecular weight is 300 g/mol. The van der Waals surface area contributed by atoms with Gasteiger partial charge in [-0.1, -0.05) is 25.5 Å². The molecule has 22 heavy (non-hydrogen) atoms. The lowest BCUT2D eigenvalue weighted by Gasteiger charge is -2.08. The first-order valence-corrected chi connectivity index (χ1v) is 7.27. The van der Waals surface area contributed by atoms with Crippen LogP contribution in [0.5, 0.6) is 17.2 Å². The van der Waals surface area contributed by atoms with Crippen LogP contribution in [0.3, 0.4) is 0 Å². The van der Waals surface area contributed by atoms with Gasteiger partial charge in [0.05, 0.1) is 7.11 Å². The number of esters is 1. The van der Waals surface area contributed by atoms with Gasteiger partial charge in [-0.05, 0) is 48.4 Å². The number of hydrogen-bond donors (Lipinski definition) is 0. The lowest BCUT2D eigenvalue weighted by Crippen LogP contribution is -2.17. The van der Waals surface area contributed by atoms with Crippen LogP contribution < -0.4 is 14.2 Å². The zero-order valence-corrected chi connectivity index (χ0v) is 12.9. The third-order valence-corrected chi connectivity index (χ3v) is 3.11. The summed E-state index contributed by atoms with van der Waals surface area (Å²) in [5.74, 6) is 1.39.